The second-order valence-electron chi connectivity index (χ2n) is 7.96. The van der Waals surface area contributed by atoms with Gasteiger partial charge in [0.15, 0.2) is 5.96 Å². The van der Waals surface area contributed by atoms with Gasteiger partial charge < -0.3 is 25.0 Å². The summed E-state index contributed by atoms with van der Waals surface area (Å²) < 4.78 is 11.1. The number of nitrogens with zero attached hydrogens (tertiary/aromatic N) is 2. The molecule has 0 aliphatic heterocycles. The van der Waals surface area contributed by atoms with Crippen molar-refractivity contribution in [3.05, 3.63) is 29.8 Å². The van der Waals surface area contributed by atoms with Crippen molar-refractivity contribution in [3.8, 4) is 5.75 Å². The third kappa shape index (κ3) is 9.51. The van der Waals surface area contributed by atoms with Crippen LogP contribution in [0.2, 0.25) is 0 Å². The lowest BCUT2D eigenvalue weighted by atomic mass is 9.93. The Kier molecular flexibility index (Phi) is 12.1. The molecule has 1 aliphatic carbocycles. The molecule has 1 aromatic carbocycles. The third-order valence-electron chi connectivity index (χ3n) is 4.96. The molecule has 7 nitrogen and oxygen atoms in total. The maximum atomic E-state index is 12.0. The van der Waals surface area contributed by atoms with Crippen LogP contribution in [0.15, 0.2) is 29.3 Å². The van der Waals surface area contributed by atoms with Crippen molar-refractivity contribution in [3.63, 3.8) is 0 Å². The highest BCUT2D eigenvalue weighted by atomic mass is 127. The van der Waals surface area contributed by atoms with Crippen LogP contribution in [0.25, 0.3) is 0 Å². The smallest absolute Gasteiger partial charge is 0.241 e. The number of rotatable bonds is 8. The molecule has 0 radical (unpaired) electrons. The highest BCUT2D eigenvalue weighted by Gasteiger charge is 2.23. The number of aliphatic imine (C=N–C) groups is 1. The largest absolute Gasteiger partial charge is 0.497 e. The van der Waals surface area contributed by atoms with Crippen LogP contribution in [0.3, 0.4) is 0 Å². The van der Waals surface area contributed by atoms with Gasteiger partial charge >= 0.3 is 0 Å². The minimum absolute atomic E-state index is 0. The first-order valence-electron chi connectivity index (χ1n) is 10.4. The van der Waals surface area contributed by atoms with Gasteiger partial charge in [0.2, 0.25) is 5.91 Å². The molecular weight excluding hydrogens is 495 g/mol. The van der Waals surface area contributed by atoms with E-state index >= 15 is 0 Å². The zero-order valence-corrected chi connectivity index (χ0v) is 21.1. The number of nitrogens with one attached hydrogen (secondary N) is 2. The van der Waals surface area contributed by atoms with Crippen LogP contribution in [0, 0.1) is 0 Å². The van der Waals surface area contributed by atoms with Crippen LogP contribution >= 0.6 is 24.0 Å². The molecule has 2 rings (SSSR count). The topological polar surface area (TPSA) is 75.2 Å². The van der Waals surface area contributed by atoms with Crippen molar-refractivity contribution in [2.75, 3.05) is 27.7 Å². The Hall–Kier alpha value is -1.55. The zero-order valence-electron chi connectivity index (χ0n) is 18.8. The van der Waals surface area contributed by atoms with Crippen LogP contribution in [-0.2, 0) is 16.1 Å². The van der Waals surface area contributed by atoms with Gasteiger partial charge in [-0.15, -0.1) is 24.0 Å². The summed E-state index contributed by atoms with van der Waals surface area (Å²) in [4.78, 5) is 18.2. The number of ether oxygens (including phenoxy) is 2. The molecule has 0 aromatic heterocycles. The van der Waals surface area contributed by atoms with E-state index in [-0.39, 0.29) is 42.5 Å². The molecule has 0 bridgehead atoms. The Balaban J connectivity index is 0.00000450. The Labute approximate surface area is 198 Å². The Morgan fingerprint density at radius 2 is 1.80 bits per heavy atom. The predicted molar refractivity (Wildman–Crippen MR) is 132 cm³/mol. The van der Waals surface area contributed by atoms with E-state index in [4.69, 9.17) is 14.5 Å². The van der Waals surface area contributed by atoms with Crippen LogP contribution in [0.1, 0.15) is 45.1 Å². The highest BCUT2D eigenvalue weighted by molar-refractivity contribution is 14.0. The van der Waals surface area contributed by atoms with E-state index in [2.05, 4.69) is 24.5 Å². The summed E-state index contributed by atoms with van der Waals surface area (Å²) in [6.07, 6.45) is 4.75. The first kappa shape index (κ1) is 26.5. The monoisotopic (exact) mass is 532 g/mol. The molecular formula is C22H37IN4O3. The highest BCUT2D eigenvalue weighted by Crippen LogP contribution is 2.22. The first-order chi connectivity index (χ1) is 13.9. The Morgan fingerprint density at radius 1 is 1.17 bits per heavy atom. The molecule has 8 heteroatoms. The summed E-state index contributed by atoms with van der Waals surface area (Å²) in [7, 11) is 5.16. The molecule has 170 valence electrons. The van der Waals surface area contributed by atoms with Crippen molar-refractivity contribution in [2.45, 2.75) is 64.3 Å². The van der Waals surface area contributed by atoms with E-state index in [1.807, 2.05) is 24.3 Å². The summed E-state index contributed by atoms with van der Waals surface area (Å²) >= 11 is 0. The Morgan fingerprint density at radius 3 is 2.33 bits per heavy atom. The maximum absolute atomic E-state index is 12.0. The van der Waals surface area contributed by atoms with Gasteiger partial charge in [0.25, 0.3) is 0 Å². The number of benzene rings is 1. The first-order valence-corrected chi connectivity index (χ1v) is 10.4. The van der Waals surface area contributed by atoms with E-state index < -0.39 is 0 Å². The standard InChI is InChI=1S/C22H36N4O3.HI/c1-16(2)29-20-12-8-18(9-13-20)25-22(24-15-21(27)26(3)4)23-14-17-6-10-19(28-5)11-7-17;/h6-7,10-11,16,18,20H,8-9,12-15H2,1-5H3,(H2,23,24,25);1H. The lowest BCUT2D eigenvalue weighted by Gasteiger charge is -2.31. The lowest BCUT2D eigenvalue weighted by molar-refractivity contribution is -0.127. The van der Waals surface area contributed by atoms with Gasteiger partial charge in [0.1, 0.15) is 5.75 Å². The number of guanidine groups is 1. The lowest BCUT2D eigenvalue weighted by Crippen LogP contribution is -2.48. The fraction of sp³-hybridized carbons (Fsp3) is 0.636. The number of carbonyl (C=O) groups excluding carboxylic acids is 1. The van der Waals surface area contributed by atoms with Gasteiger partial charge in [-0.1, -0.05) is 12.1 Å². The summed E-state index contributed by atoms with van der Waals surface area (Å²) in [6.45, 7) is 4.91. The molecule has 0 heterocycles. The zero-order chi connectivity index (χ0) is 21.2. The number of hydrogen-bond acceptors (Lipinski definition) is 4. The quantitative estimate of drug-likeness (QED) is 0.306. The number of methoxy groups -OCH3 is 1. The second-order valence-corrected chi connectivity index (χ2v) is 7.96. The number of halogens is 1. The van der Waals surface area contributed by atoms with Gasteiger partial charge in [0.05, 0.1) is 32.4 Å². The third-order valence-corrected chi connectivity index (χ3v) is 4.96. The molecule has 1 aliphatic rings. The SMILES string of the molecule is COc1ccc(CN=C(NCC(=O)N(C)C)NC2CCC(OC(C)C)CC2)cc1.I. The molecule has 1 saturated carbocycles. The Bertz CT molecular complexity index is 657. The van der Waals surface area contributed by atoms with E-state index in [1.165, 1.54) is 0 Å². The van der Waals surface area contributed by atoms with E-state index in [1.54, 1.807) is 26.1 Å². The van der Waals surface area contributed by atoms with Crippen molar-refractivity contribution >= 4 is 35.8 Å². The molecule has 0 unspecified atom stereocenters. The predicted octanol–water partition coefficient (Wildman–Crippen LogP) is 3.17. The summed E-state index contributed by atoms with van der Waals surface area (Å²) in [5.74, 6) is 1.51. The van der Waals surface area contributed by atoms with Crippen molar-refractivity contribution in [1.82, 2.24) is 15.5 Å². The molecule has 0 saturated heterocycles. The fourth-order valence-corrected chi connectivity index (χ4v) is 3.29. The number of amides is 1. The van der Waals surface area contributed by atoms with E-state index in [9.17, 15) is 4.79 Å². The number of carbonyl (C=O) groups is 1. The summed E-state index contributed by atoms with van der Waals surface area (Å²) in [6, 6.07) is 8.19. The average Bonchev–Trinajstić information content (AvgIpc) is 2.71. The molecule has 1 fully saturated rings. The summed E-state index contributed by atoms with van der Waals surface area (Å²) in [5, 5.41) is 6.68. The van der Waals surface area contributed by atoms with Crippen molar-refractivity contribution in [2.24, 2.45) is 4.99 Å². The average molecular weight is 532 g/mol. The fourth-order valence-electron chi connectivity index (χ4n) is 3.29. The van der Waals surface area contributed by atoms with Crippen molar-refractivity contribution in [1.29, 1.82) is 0 Å². The molecule has 2 N–H and O–H groups in total. The number of likely N-dealkylation sites (N-methyl/N-ethyl adjacent to an activating group) is 1. The van der Waals surface area contributed by atoms with Gasteiger partial charge in [-0.2, -0.15) is 0 Å². The number of hydrogen-bond donors (Lipinski definition) is 2. The molecule has 0 spiro atoms. The van der Waals surface area contributed by atoms with Crippen LogP contribution in [0.4, 0.5) is 0 Å². The maximum Gasteiger partial charge on any atom is 0.241 e. The van der Waals surface area contributed by atoms with Crippen LogP contribution in [-0.4, -0.2) is 62.8 Å². The normalized spacial score (nSPS) is 19.1. The molecule has 1 amide bonds. The van der Waals surface area contributed by atoms with Crippen molar-refractivity contribution < 1.29 is 14.3 Å². The van der Waals surface area contributed by atoms with Gasteiger partial charge in [-0.25, -0.2) is 4.99 Å². The minimum atomic E-state index is 0. The molecule has 30 heavy (non-hydrogen) atoms. The van der Waals surface area contributed by atoms with Gasteiger partial charge in [-0.05, 0) is 57.2 Å². The van der Waals surface area contributed by atoms with Gasteiger partial charge in [-0.3, -0.25) is 4.79 Å². The van der Waals surface area contributed by atoms with Crippen LogP contribution < -0.4 is 15.4 Å². The second kappa shape index (κ2) is 13.7. The summed E-state index contributed by atoms with van der Waals surface area (Å²) in [5.41, 5.74) is 1.08. The molecule has 1 aromatic rings. The molecule has 0 atom stereocenters. The van der Waals surface area contributed by atoms with E-state index in [0.29, 0.717) is 24.7 Å². The van der Waals surface area contributed by atoms with E-state index in [0.717, 1.165) is 37.0 Å². The van der Waals surface area contributed by atoms with Crippen LogP contribution in [0.5, 0.6) is 5.75 Å². The minimum Gasteiger partial charge on any atom is -0.497 e. The van der Waals surface area contributed by atoms with Gasteiger partial charge in [0, 0.05) is 20.1 Å².